The summed E-state index contributed by atoms with van der Waals surface area (Å²) in [7, 11) is 0. The normalized spacial score (nSPS) is 21.4. The molecule has 1 rings (SSSR count). The van der Waals surface area contributed by atoms with E-state index in [0.29, 0.717) is 31.1 Å². The van der Waals surface area contributed by atoms with Gasteiger partial charge in [-0.15, -0.1) is 0 Å². The fourth-order valence-corrected chi connectivity index (χ4v) is 1.51. The first-order valence-electron chi connectivity index (χ1n) is 5.50. The van der Waals surface area contributed by atoms with E-state index in [1.165, 1.54) is 0 Å². The molecule has 0 aromatic rings. The zero-order valence-corrected chi connectivity index (χ0v) is 8.96. The predicted molar refractivity (Wildman–Crippen MR) is 54.3 cm³/mol. The molecule has 0 saturated carbocycles. The van der Waals surface area contributed by atoms with Crippen LogP contribution in [-0.2, 0) is 14.3 Å². The Balaban J connectivity index is 1.86. The number of Topliss-reactive ketones (excluding diaryl/α,β-unsaturated/α-hetero) is 1. The topological polar surface area (TPSA) is 35.5 Å². The molecule has 82 valence electrons. The van der Waals surface area contributed by atoms with Gasteiger partial charge in [0.25, 0.3) is 0 Å². The van der Waals surface area contributed by atoms with Gasteiger partial charge in [0.2, 0.25) is 0 Å². The zero-order chi connectivity index (χ0) is 10.2. The molecule has 0 amide bonds. The summed E-state index contributed by atoms with van der Waals surface area (Å²) in [4.78, 5) is 11.0. The molecule has 3 heteroatoms. The summed E-state index contributed by atoms with van der Waals surface area (Å²) in [6.45, 7) is 5.12. The Morgan fingerprint density at radius 1 is 1.57 bits per heavy atom. The summed E-state index contributed by atoms with van der Waals surface area (Å²) in [5.74, 6) is 0.912. The van der Waals surface area contributed by atoms with Gasteiger partial charge in [0.1, 0.15) is 5.78 Å². The number of ketones is 1. The number of hydrogen-bond donors (Lipinski definition) is 0. The molecule has 1 atom stereocenters. The van der Waals surface area contributed by atoms with E-state index < -0.39 is 0 Å². The Bertz CT molecular complexity index is 162. The largest absolute Gasteiger partial charge is 0.381 e. The summed E-state index contributed by atoms with van der Waals surface area (Å²) < 4.78 is 10.7. The lowest BCUT2D eigenvalue weighted by molar-refractivity contribution is -0.119. The summed E-state index contributed by atoms with van der Waals surface area (Å²) >= 11 is 0. The highest BCUT2D eigenvalue weighted by atomic mass is 16.5. The Morgan fingerprint density at radius 3 is 3.07 bits per heavy atom. The molecule has 0 aromatic heterocycles. The summed E-state index contributed by atoms with van der Waals surface area (Å²) in [5.41, 5.74) is 0. The van der Waals surface area contributed by atoms with E-state index in [1.807, 2.05) is 6.92 Å². The molecule has 1 unspecified atom stereocenters. The second kappa shape index (κ2) is 6.96. The minimum Gasteiger partial charge on any atom is -0.381 e. The molecule has 0 radical (unpaired) electrons. The molecule has 1 heterocycles. The lowest BCUT2D eigenvalue weighted by Gasteiger charge is -2.07. The van der Waals surface area contributed by atoms with Crippen LogP contribution in [0.3, 0.4) is 0 Å². The molecule has 0 spiro atoms. The number of carbonyl (C=O) groups is 1. The van der Waals surface area contributed by atoms with Crippen molar-refractivity contribution in [2.24, 2.45) is 5.92 Å². The SMILES string of the molecule is CCC(=O)CCCOCC1CCOC1. The summed E-state index contributed by atoms with van der Waals surface area (Å²) in [6.07, 6.45) is 3.29. The van der Waals surface area contributed by atoms with Crippen molar-refractivity contribution in [3.8, 4) is 0 Å². The number of carbonyl (C=O) groups excluding carboxylic acids is 1. The molecule has 1 fully saturated rings. The van der Waals surface area contributed by atoms with Gasteiger partial charge in [-0.3, -0.25) is 4.79 Å². The number of rotatable bonds is 7. The summed E-state index contributed by atoms with van der Waals surface area (Å²) in [6, 6.07) is 0. The van der Waals surface area contributed by atoms with Gasteiger partial charge in [0.05, 0.1) is 13.2 Å². The quantitative estimate of drug-likeness (QED) is 0.588. The van der Waals surface area contributed by atoms with Crippen molar-refractivity contribution in [1.29, 1.82) is 0 Å². The first kappa shape index (κ1) is 11.7. The van der Waals surface area contributed by atoms with Gasteiger partial charge < -0.3 is 9.47 Å². The minimum absolute atomic E-state index is 0.331. The molecule has 1 aliphatic heterocycles. The van der Waals surface area contributed by atoms with E-state index in [0.717, 1.165) is 32.7 Å². The average Bonchev–Trinajstić information content (AvgIpc) is 2.69. The molecule has 0 N–H and O–H groups in total. The highest BCUT2D eigenvalue weighted by Gasteiger charge is 2.15. The van der Waals surface area contributed by atoms with Crippen LogP contribution in [0.1, 0.15) is 32.6 Å². The lowest BCUT2D eigenvalue weighted by atomic mass is 10.1. The van der Waals surface area contributed by atoms with Crippen LogP contribution < -0.4 is 0 Å². The molecule has 0 aliphatic carbocycles. The van der Waals surface area contributed by atoms with Crippen LogP contribution in [0, 0.1) is 5.92 Å². The second-order valence-electron chi connectivity index (χ2n) is 3.80. The summed E-state index contributed by atoms with van der Waals surface area (Å²) in [5, 5.41) is 0. The Morgan fingerprint density at radius 2 is 2.43 bits per heavy atom. The Kier molecular flexibility index (Phi) is 5.80. The van der Waals surface area contributed by atoms with Crippen LogP contribution in [0.4, 0.5) is 0 Å². The third-order valence-electron chi connectivity index (χ3n) is 2.52. The van der Waals surface area contributed by atoms with Gasteiger partial charge in [0.15, 0.2) is 0 Å². The van der Waals surface area contributed by atoms with Crippen molar-refractivity contribution in [3.63, 3.8) is 0 Å². The zero-order valence-electron chi connectivity index (χ0n) is 8.96. The van der Waals surface area contributed by atoms with Crippen molar-refractivity contribution in [1.82, 2.24) is 0 Å². The van der Waals surface area contributed by atoms with Gasteiger partial charge in [-0.1, -0.05) is 6.92 Å². The van der Waals surface area contributed by atoms with E-state index in [1.54, 1.807) is 0 Å². The minimum atomic E-state index is 0.331. The molecule has 0 bridgehead atoms. The predicted octanol–water partition coefficient (Wildman–Crippen LogP) is 1.80. The molecule has 0 aromatic carbocycles. The van der Waals surface area contributed by atoms with Gasteiger partial charge in [-0.05, 0) is 12.8 Å². The first-order chi connectivity index (χ1) is 6.83. The van der Waals surface area contributed by atoms with E-state index >= 15 is 0 Å². The van der Waals surface area contributed by atoms with Crippen molar-refractivity contribution in [2.75, 3.05) is 26.4 Å². The smallest absolute Gasteiger partial charge is 0.132 e. The first-order valence-corrected chi connectivity index (χ1v) is 5.50. The van der Waals surface area contributed by atoms with Gasteiger partial charge >= 0.3 is 0 Å². The van der Waals surface area contributed by atoms with Crippen LogP contribution in [0.25, 0.3) is 0 Å². The molecular formula is C11H20O3. The highest BCUT2D eigenvalue weighted by molar-refractivity contribution is 5.77. The van der Waals surface area contributed by atoms with Crippen LogP contribution in [0.2, 0.25) is 0 Å². The third kappa shape index (κ3) is 4.72. The van der Waals surface area contributed by atoms with Gasteiger partial charge in [0, 0.05) is 32.0 Å². The van der Waals surface area contributed by atoms with E-state index in [-0.39, 0.29) is 0 Å². The number of hydrogen-bond acceptors (Lipinski definition) is 3. The number of ether oxygens (including phenoxy) is 2. The van der Waals surface area contributed by atoms with Gasteiger partial charge in [-0.2, -0.15) is 0 Å². The highest BCUT2D eigenvalue weighted by Crippen LogP contribution is 2.12. The maximum atomic E-state index is 11.0. The Labute approximate surface area is 85.8 Å². The van der Waals surface area contributed by atoms with Crippen molar-refractivity contribution in [2.45, 2.75) is 32.6 Å². The van der Waals surface area contributed by atoms with Crippen molar-refractivity contribution >= 4 is 5.78 Å². The third-order valence-corrected chi connectivity index (χ3v) is 2.52. The van der Waals surface area contributed by atoms with E-state index in [4.69, 9.17) is 9.47 Å². The second-order valence-corrected chi connectivity index (χ2v) is 3.80. The maximum Gasteiger partial charge on any atom is 0.132 e. The van der Waals surface area contributed by atoms with Crippen molar-refractivity contribution in [3.05, 3.63) is 0 Å². The molecule has 1 saturated heterocycles. The average molecular weight is 200 g/mol. The maximum absolute atomic E-state index is 11.0. The van der Waals surface area contributed by atoms with E-state index in [2.05, 4.69) is 0 Å². The van der Waals surface area contributed by atoms with Crippen LogP contribution in [-0.4, -0.2) is 32.2 Å². The van der Waals surface area contributed by atoms with Crippen LogP contribution in [0.15, 0.2) is 0 Å². The lowest BCUT2D eigenvalue weighted by Crippen LogP contribution is -2.10. The fourth-order valence-electron chi connectivity index (χ4n) is 1.51. The van der Waals surface area contributed by atoms with Gasteiger partial charge in [-0.25, -0.2) is 0 Å². The monoisotopic (exact) mass is 200 g/mol. The molecule has 3 nitrogen and oxygen atoms in total. The standard InChI is InChI=1S/C11H20O3/c1-2-11(12)4-3-6-13-8-10-5-7-14-9-10/h10H,2-9H2,1H3. The molecular weight excluding hydrogens is 180 g/mol. The molecule has 14 heavy (non-hydrogen) atoms. The fraction of sp³-hybridized carbons (Fsp3) is 0.909. The van der Waals surface area contributed by atoms with Crippen LogP contribution in [0.5, 0.6) is 0 Å². The molecule has 1 aliphatic rings. The van der Waals surface area contributed by atoms with Crippen LogP contribution >= 0.6 is 0 Å². The van der Waals surface area contributed by atoms with Crippen molar-refractivity contribution < 1.29 is 14.3 Å². The Hall–Kier alpha value is -0.410. The van der Waals surface area contributed by atoms with E-state index in [9.17, 15) is 4.79 Å².